The number of alkyl halides is 1. The van der Waals surface area contributed by atoms with E-state index in [2.05, 4.69) is 32.3 Å². The molecule has 25 heavy (non-hydrogen) atoms. The van der Waals surface area contributed by atoms with Crippen molar-refractivity contribution in [3.63, 3.8) is 0 Å². The van der Waals surface area contributed by atoms with Crippen molar-refractivity contribution in [2.75, 3.05) is 5.32 Å². The first-order valence-electron chi connectivity index (χ1n) is 7.67. The second kappa shape index (κ2) is 7.52. The quantitative estimate of drug-likeness (QED) is 0.615. The molecule has 0 amide bonds. The Kier molecular flexibility index (Phi) is 5.37. The third-order valence-electron chi connectivity index (χ3n) is 3.81. The first-order valence-corrected chi connectivity index (χ1v) is 9.34. The fourth-order valence-corrected chi connectivity index (χ4v) is 3.53. The molecule has 0 saturated heterocycles. The number of anilines is 1. The maximum Gasteiger partial charge on any atom is 0.177 e. The summed E-state index contributed by atoms with van der Waals surface area (Å²) < 4.78 is 19.9. The molecule has 0 aliphatic carbocycles. The summed E-state index contributed by atoms with van der Waals surface area (Å²) >= 11 is 5.08. The Labute approximate surface area is 156 Å². The van der Waals surface area contributed by atoms with Crippen LogP contribution in [0.3, 0.4) is 0 Å². The van der Waals surface area contributed by atoms with Gasteiger partial charge in [0.2, 0.25) is 0 Å². The van der Waals surface area contributed by atoms with Crippen LogP contribution in [0.1, 0.15) is 23.3 Å². The van der Waals surface area contributed by atoms with Crippen molar-refractivity contribution < 1.29 is 8.81 Å². The van der Waals surface area contributed by atoms with Crippen LogP contribution in [-0.4, -0.2) is 17.2 Å². The van der Waals surface area contributed by atoms with E-state index in [4.69, 9.17) is 10.2 Å². The molecule has 0 aromatic carbocycles. The monoisotopic (exact) mass is 422 g/mol. The molecular weight excluding hydrogens is 407 g/mol. The first kappa shape index (κ1) is 17.9. The lowest BCUT2D eigenvalue weighted by Gasteiger charge is -2.10. The second-order valence-corrected chi connectivity index (χ2v) is 7.49. The standard InChI is InChI=1S/C17H16BrFN4OS/c1-9(19)12(21)6-14-15(18)16-17(24-14)13(5-10(7-20)23-16)22-8-11-3-2-4-25-11/h2-5,9,12H,6,8,21H2,1H3,(H,22,23)/t9-,12+/m0/s1. The van der Waals surface area contributed by atoms with Gasteiger partial charge in [-0.15, -0.1) is 11.3 Å². The number of nitrogens with one attached hydrogen (secondary N) is 1. The molecule has 130 valence electrons. The van der Waals surface area contributed by atoms with Crippen LogP contribution in [0, 0.1) is 11.3 Å². The molecule has 3 rings (SSSR count). The molecule has 0 saturated carbocycles. The maximum atomic E-state index is 13.4. The minimum atomic E-state index is -1.15. The molecule has 3 N–H and O–H groups in total. The summed E-state index contributed by atoms with van der Waals surface area (Å²) in [6, 6.07) is 7.03. The molecule has 0 aliphatic heterocycles. The van der Waals surface area contributed by atoms with Gasteiger partial charge in [-0.2, -0.15) is 5.26 Å². The van der Waals surface area contributed by atoms with Crippen LogP contribution < -0.4 is 11.1 Å². The molecule has 0 radical (unpaired) electrons. The van der Waals surface area contributed by atoms with Gasteiger partial charge in [-0.3, -0.25) is 0 Å². The molecule has 0 bridgehead atoms. The van der Waals surface area contributed by atoms with Gasteiger partial charge in [-0.25, -0.2) is 9.37 Å². The Balaban J connectivity index is 1.99. The lowest BCUT2D eigenvalue weighted by molar-refractivity contribution is 0.295. The Morgan fingerprint density at radius 1 is 1.56 bits per heavy atom. The highest BCUT2D eigenvalue weighted by molar-refractivity contribution is 9.10. The molecular formula is C17H16BrFN4OS. The molecule has 5 nitrogen and oxygen atoms in total. The summed E-state index contributed by atoms with van der Waals surface area (Å²) in [5.41, 5.74) is 7.81. The fourth-order valence-electron chi connectivity index (χ4n) is 2.38. The zero-order chi connectivity index (χ0) is 18.0. The Bertz CT molecular complexity index is 917. The number of thiophene rings is 1. The van der Waals surface area contributed by atoms with Gasteiger partial charge in [-0.05, 0) is 34.3 Å². The van der Waals surface area contributed by atoms with Gasteiger partial charge in [0.05, 0.1) is 10.2 Å². The summed E-state index contributed by atoms with van der Waals surface area (Å²) in [6.07, 6.45) is -0.917. The number of pyridine rings is 1. The predicted octanol–water partition coefficient (Wildman–Crippen LogP) is 4.36. The van der Waals surface area contributed by atoms with Crippen molar-refractivity contribution in [2.24, 2.45) is 5.73 Å². The number of nitrogens with two attached hydrogens (primary N) is 1. The normalized spacial score (nSPS) is 13.6. The topological polar surface area (TPSA) is 87.9 Å². The summed E-state index contributed by atoms with van der Waals surface area (Å²) in [4.78, 5) is 5.45. The van der Waals surface area contributed by atoms with Crippen LogP contribution in [0.15, 0.2) is 32.5 Å². The molecule has 2 atom stereocenters. The predicted molar refractivity (Wildman–Crippen MR) is 100 cm³/mol. The maximum absolute atomic E-state index is 13.4. The Morgan fingerprint density at radius 3 is 3.00 bits per heavy atom. The van der Waals surface area contributed by atoms with Crippen LogP contribution in [0.5, 0.6) is 0 Å². The van der Waals surface area contributed by atoms with Crippen molar-refractivity contribution in [2.45, 2.75) is 32.1 Å². The van der Waals surface area contributed by atoms with E-state index < -0.39 is 12.2 Å². The number of rotatable bonds is 6. The van der Waals surface area contributed by atoms with Crippen molar-refractivity contribution in [1.82, 2.24) is 4.98 Å². The largest absolute Gasteiger partial charge is 0.456 e. The number of furan rings is 1. The van der Waals surface area contributed by atoms with Gasteiger partial charge >= 0.3 is 0 Å². The van der Waals surface area contributed by atoms with Crippen molar-refractivity contribution in [3.05, 3.63) is 44.4 Å². The summed E-state index contributed by atoms with van der Waals surface area (Å²) in [7, 11) is 0. The highest BCUT2D eigenvalue weighted by Crippen LogP contribution is 2.35. The Morgan fingerprint density at radius 2 is 2.36 bits per heavy atom. The lowest BCUT2D eigenvalue weighted by atomic mass is 10.1. The highest BCUT2D eigenvalue weighted by atomic mass is 79.9. The first-order chi connectivity index (χ1) is 12.0. The van der Waals surface area contributed by atoms with E-state index in [0.717, 1.165) is 4.88 Å². The molecule has 0 aliphatic rings. The fraction of sp³-hybridized carbons (Fsp3) is 0.294. The molecule has 0 spiro atoms. The molecule has 0 fully saturated rings. The van der Waals surface area contributed by atoms with E-state index in [9.17, 15) is 9.65 Å². The van der Waals surface area contributed by atoms with Crippen LogP contribution in [0.25, 0.3) is 11.1 Å². The minimum Gasteiger partial charge on any atom is -0.456 e. The minimum absolute atomic E-state index is 0.237. The molecule has 3 aromatic rings. The highest BCUT2D eigenvalue weighted by Gasteiger charge is 2.22. The van der Waals surface area contributed by atoms with Crippen LogP contribution in [-0.2, 0) is 13.0 Å². The average Bonchev–Trinajstić information content (AvgIpc) is 3.22. The van der Waals surface area contributed by atoms with E-state index in [1.807, 2.05) is 17.5 Å². The number of hydrogen-bond donors (Lipinski definition) is 2. The van der Waals surface area contributed by atoms with Gasteiger partial charge in [-0.1, -0.05) is 6.07 Å². The number of nitriles is 1. The summed E-state index contributed by atoms with van der Waals surface area (Å²) in [6.45, 7) is 2.03. The van der Waals surface area contributed by atoms with Crippen LogP contribution in [0.2, 0.25) is 0 Å². The number of fused-ring (bicyclic) bond motifs is 1. The van der Waals surface area contributed by atoms with E-state index in [1.165, 1.54) is 6.92 Å². The lowest BCUT2D eigenvalue weighted by Crippen LogP contribution is -2.31. The van der Waals surface area contributed by atoms with Gasteiger partial charge in [0, 0.05) is 30.0 Å². The SMILES string of the molecule is C[C@H](F)[C@H](N)Cc1oc2c(NCc3cccs3)cc(C#N)nc2c1Br. The van der Waals surface area contributed by atoms with E-state index >= 15 is 0 Å². The van der Waals surface area contributed by atoms with Crippen LogP contribution in [0.4, 0.5) is 10.1 Å². The summed E-state index contributed by atoms with van der Waals surface area (Å²) in [5.74, 6) is 0.522. The number of nitrogens with zero attached hydrogens (tertiary/aromatic N) is 2. The smallest absolute Gasteiger partial charge is 0.177 e. The van der Waals surface area contributed by atoms with Crippen molar-refractivity contribution >= 4 is 44.1 Å². The number of hydrogen-bond acceptors (Lipinski definition) is 6. The summed E-state index contributed by atoms with van der Waals surface area (Å²) in [5, 5.41) is 14.5. The molecule has 8 heteroatoms. The third-order valence-corrected chi connectivity index (χ3v) is 5.50. The zero-order valence-electron chi connectivity index (χ0n) is 13.4. The van der Waals surface area contributed by atoms with Gasteiger partial charge in [0.25, 0.3) is 0 Å². The zero-order valence-corrected chi connectivity index (χ0v) is 15.8. The van der Waals surface area contributed by atoms with E-state index in [-0.39, 0.29) is 12.1 Å². The number of aromatic nitrogens is 1. The average molecular weight is 423 g/mol. The third kappa shape index (κ3) is 3.84. The van der Waals surface area contributed by atoms with Gasteiger partial charge < -0.3 is 15.5 Å². The Hall–Kier alpha value is -1.95. The van der Waals surface area contributed by atoms with Gasteiger partial charge in [0.1, 0.15) is 29.2 Å². The molecule has 0 unspecified atom stereocenters. The van der Waals surface area contributed by atoms with E-state index in [0.29, 0.717) is 33.6 Å². The van der Waals surface area contributed by atoms with Crippen molar-refractivity contribution in [1.29, 1.82) is 5.26 Å². The van der Waals surface area contributed by atoms with Crippen molar-refractivity contribution in [3.8, 4) is 6.07 Å². The number of halogens is 2. The van der Waals surface area contributed by atoms with E-state index in [1.54, 1.807) is 17.4 Å². The molecule has 3 aromatic heterocycles. The van der Waals surface area contributed by atoms with Gasteiger partial charge in [0.15, 0.2) is 5.58 Å². The second-order valence-electron chi connectivity index (χ2n) is 5.66. The molecule has 3 heterocycles. The van der Waals surface area contributed by atoms with Crippen LogP contribution >= 0.6 is 27.3 Å².